The molecule has 0 unspecified atom stereocenters. The number of carbonyl (C=O) groups is 2. The molecule has 174 valence electrons. The smallest absolute Gasteiger partial charge is 0.273 e. The first-order valence-electron chi connectivity index (χ1n) is 11.6. The minimum Gasteiger partial charge on any atom is -0.390 e. The van der Waals surface area contributed by atoms with E-state index in [9.17, 15) is 14.7 Å². The zero-order valence-electron chi connectivity index (χ0n) is 19.3. The van der Waals surface area contributed by atoms with E-state index in [0.29, 0.717) is 56.6 Å². The van der Waals surface area contributed by atoms with Crippen LogP contribution in [-0.2, 0) is 17.8 Å². The number of piperazine rings is 1. The lowest BCUT2D eigenvalue weighted by Crippen LogP contribution is -2.48. The van der Waals surface area contributed by atoms with Crippen LogP contribution in [0.1, 0.15) is 54.0 Å². The maximum absolute atomic E-state index is 13.2. The summed E-state index contributed by atoms with van der Waals surface area (Å²) in [6.07, 6.45) is 0.00627. The molecule has 2 aromatic rings. The van der Waals surface area contributed by atoms with Crippen LogP contribution in [0.2, 0.25) is 0 Å². The van der Waals surface area contributed by atoms with Gasteiger partial charge in [0.05, 0.1) is 18.7 Å². The van der Waals surface area contributed by atoms with Gasteiger partial charge in [0.25, 0.3) is 5.91 Å². The van der Waals surface area contributed by atoms with Gasteiger partial charge in [-0.05, 0) is 25.0 Å². The van der Waals surface area contributed by atoms with Crippen LogP contribution in [0.4, 0.5) is 11.8 Å². The third-order valence-corrected chi connectivity index (χ3v) is 6.91. The molecule has 0 bridgehead atoms. The quantitative estimate of drug-likeness (QED) is 0.729. The molecule has 1 aromatic heterocycles. The molecule has 5 rings (SSSR count). The molecule has 9 nitrogen and oxygen atoms in total. The summed E-state index contributed by atoms with van der Waals surface area (Å²) in [5, 5.41) is 14.2. The highest BCUT2D eigenvalue weighted by molar-refractivity contribution is 5.98. The Hall–Kier alpha value is -3.20. The minimum absolute atomic E-state index is 0.0416. The van der Waals surface area contributed by atoms with Gasteiger partial charge in [-0.1, -0.05) is 24.3 Å². The molecule has 1 fully saturated rings. The van der Waals surface area contributed by atoms with E-state index < -0.39 is 6.10 Å². The Labute approximate surface area is 193 Å². The van der Waals surface area contributed by atoms with E-state index in [-0.39, 0.29) is 23.9 Å². The maximum Gasteiger partial charge on any atom is 0.273 e. The zero-order valence-corrected chi connectivity index (χ0v) is 19.3. The number of aliphatic hydroxyl groups excluding tert-OH is 1. The van der Waals surface area contributed by atoms with Gasteiger partial charge < -0.3 is 25.1 Å². The normalized spacial score (nSPS) is 22.1. The van der Waals surface area contributed by atoms with Gasteiger partial charge in [-0.15, -0.1) is 0 Å². The van der Waals surface area contributed by atoms with Gasteiger partial charge in [0, 0.05) is 51.1 Å². The number of hydrogen-bond acceptors (Lipinski definition) is 7. The molecule has 0 spiro atoms. The number of nitrogens with one attached hydrogen (secondary N) is 1. The summed E-state index contributed by atoms with van der Waals surface area (Å²) in [5.41, 5.74) is 3.37. The van der Waals surface area contributed by atoms with Crippen LogP contribution < -0.4 is 10.2 Å². The van der Waals surface area contributed by atoms with Gasteiger partial charge in [0.1, 0.15) is 11.5 Å². The minimum atomic E-state index is -0.575. The van der Waals surface area contributed by atoms with Crippen LogP contribution in [0, 0.1) is 0 Å². The van der Waals surface area contributed by atoms with E-state index in [0.717, 1.165) is 16.7 Å². The van der Waals surface area contributed by atoms with Gasteiger partial charge in [-0.3, -0.25) is 9.59 Å². The molecule has 0 saturated carbocycles. The fourth-order valence-corrected chi connectivity index (χ4v) is 4.97. The third kappa shape index (κ3) is 3.80. The van der Waals surface area contributed by atoms with E-state index >= 15 is 0 Å². The van der Waals surface area contributed by atoms with Crippen LogP contribution in [0.25, 0.3) is 0 Å². The molecule has 2 atom stereocenters. The van der Waals surface area contributed by atoms with E-state index in [2.05, 4.69) is 10.3 Å². The number of carbonyl (C=O) groups excluding carboxylic acids is 2. The Morgan fingerprint density at radius 1 is 1.15 bits per heavy atom. The Bertz CT molecular complexity index is 1100. The van der Waals surface area contributed by atoms with E-state index in [4.69, 9.17) is 4.98 Å². The lowest BCUT2D eigenvalue weighted by Gasteiger charge is -2.34. The van der Waals surface area contributed by atoms with Crippen molar-refractivity contribution in [3.8, 4) is 0 Å². The van der Waals surface area contributed by atoms with Crippen LogP contribution in [0.15, 0.2) is 24.3 Å². The summed E-state index contributed by atoms with van der Waals surface area (Å²) < 4.78 is 0. The van der Waals surface area contributed by atoms with Crippen molar-refractivity contribution in [1.82, 2.24) is 19.8 Å². The Kier molecular flexibility index (Phi) is 5.44. The lowest BCUT2D eigenvalue weighted by molar-refractivity contribution is -0.129. The molecule has 1 aromatic carbocycles. The van der Waals surface area contributed by atoms with Gasteiger partial charge in [0.2, 0.25) is 11.9 Å². The largest absolute Gasteiger partial charge is 0.390 e. The number of rotatable bonds is 4. The fraction of sp³-hybridized carbons (Fsp3) is 0.500. The Morgan fingerprint density at radius 2 is 1.88 bits per heavy atom. The fourth-order valence-electron chi connectivity index (χ4n) is 4.97. The first kappa shape index (κ1) is 21.6. The number of nitrogens with zero attached hydrogens (tertiary/aromatic N) is 5. The zero-order chi connectivity index (χ0) is 23.3. The number of aromatic nitrogens is 2. The average Bonchev–Trinajstić information content (AvgIpc) is 3.30. The second-order valence-electron chi connectivity index (χ2n) is 9.31. The Morgan fingerprint density at radius 3 is 2.58 bits per heavy atom. The van der Waals surface area contributed by atoms with E-state index in [1.54, 1.807) is 16.7 Å². The summed E-state index contributed by atoms with van der Waals surface area (Å²) in [6.45, 7) is 8.40. The van der Waals surface area contributed by atoms with Crippen LogP contribution in [0.3, 0.4) is 0 Å². The number of benzene rings is 1. The predicted octanol–water partition coefficient (Wildman–Crippen LogP) is 1.58. The maximum atomic E-state index is 13.2. The van der Waals surface area contributed by atoms with Crippen LogP contribution in [-0.4, -0.2) is 75.0 Å². The third-order valence-electron chi connectivity index (χ3n) is 6.91. The summed E-state index contributed by atoms with van der Waals surface area (Å²) in [5.74, 6) is 1.05. The van der Waals surface area contributed by atoms with Crippen molar-refractivity contribution in [3.05, 3.63) is 46.6 Å². The van der Waals surface area contributed by atoms with Crippen molar-refractivity contribution < 1.29 is 14.7 Å². The van der Waals surface area contributed by atoms with Crippen molar-refractivity contribution >= 4 is 23.6 Å². The molecule has 33 heavy (non-hydrogen) atoms. The Balaban J connectivity index is 1.50. The van der Waals surface area contributed by atoms with Crippen LogP contribution >= 0.6 is 0 Å². The van der Waals surface area contributed by atoms with E-state index in [1.807, 2.05) is 43.0 Å². The summed E-state index contributed by atoms with van der Waals surface area (Å²) in [6, 6.07) is 7.76. The molecule has 3 aliphatic rings. The molecule has 1 aliphatic carbocycles. The number of amides is 2. The van der Waals surface area contributed by atoms with Gasteiger partial charge in [0.15, 0.2) is 0 Å². The standard InChI is InChI=1S/C24H30N6O3/c1-14(2)30-13-18-21(23(30)33)26-24(29-10-8-28(9-11-29)15(3)31)27-22(18)25-20-17-7-5-4-6-16(17)12-19(20)32/h4-7,14,19-20,32H,8-13H2,1-3H3,(H,25,26,27)/t19-,20-/m0/s1. The SMILES string of the molecule is CC(=O)N1CCN(c2nc(N[C@H]3c4ccccc4C[C@@H]3O)c3c(n2)C(=O)N(C(C)C)C3)CC1. The van der Waals surface area contributed by atoms with Crippen molar-refractivity contribution in [2.24, 2.45) is 0 Å². The molecule has 2 aliphatic heterocycles. The van der Waals surface area contributed by atoms with Gasteiger partial charge >= 0.3 is 0 Å². The number of anilines is 2. The molecule has 9 heteroatoms. The van der Waals surface area contributed by atoms with Gasteiger partial charge in [-0.25, -0.2) is 4.98 Å². The average molecular weight is 451 g/mol. The van der Waals surface area contributed by atoms with Crippen molar-refractivity contribution in [2.75, 3.05) is 36.4 Å². The summed E-state index contributed by atoms with van der Waals surface area (Å²) in [4.78, 5) is 40.0. The van der Waals surface area contributed by atoms with Crippen LogP contribution in [0.5, 0.6) is 0 Å². The van der Waals surface area contributed by atoms with Crippen molar-refractivity contribution in [3.63, 3.8) is 0 Å². The monoisotopic (exact) mass is 450 g/mol. The molecule has 3 heterocycles. The number of aliphatic hydroxyl groups is 1. The topological polar surface area (TPSA) is 102 Å². The van der Waals surface area contributed by atoms with E-state index in [1.165, 1.54) is 0 Å². The molecule has 0 radical (unpaired) electrons. The molecule has 1 saturated heterocycles. The van der Waals surface area contributed by atoms with Crippen molar-refractivity contribution in [2.45, 2.75) is 51.9 Å². The summed E-state index contributed by atoms with van der Waals surface area (Å²) >= 11 is 0. The second kappa shape index (κ2) is 8.30. The lowest BCUT2D eigenvalue weighted by atomic mass is 10.1. The molecule has 2 N–H and O–H groups in total. The molecular weight excluding hydrogens is 420 g/mol. The van der Waals surface area contributed by atoms with Crippen molar-refractivity contribution in [1.29, 1.82) is 0 Å². The first-order valence-corrected chi connectivity index (χ1v) is 11.6. The van der Waals surface area contributed by atoms with Gasteiger partial charge in [-0.2, -0.15) is 4.98 Å². The highest BCUT2D eigenvalue weighted by Crippen LogP contribution is 2.37. The summed E-state index contributed by atoms with van der Waals surface area (Å²) in [7, 11) is 0. The predicted molar refractivity (Wildman–Crippen MR) is 124 cm³/mol. The highest BCUT2D eigenvalue weighted by atomic mass is 16.3. The number of hydrogen-bond donors (Lipinski definition) is 2. The second-order valence-corrected chi connectivity index (χ2v) is 9.31. The molecular formula is C24H30N6O3. The first-order chi connectivity index (χ1) is 15.8. The number of fused-ring (bicyclic) bond motifs is 2. The highest BCUT2D eigenvalue weighted by Gasteiger charge is 2.37. The molecule has 2 amide bonds.